The minimum absolute atomic E-state index is 0.187. The van der Waals surface area contributed by atoms with Crippen LogP contribution in [0.5, 0.6) is 0 Å². The molecule has 0 unspecified atom stereocenters. The maximum Gasteiger partial charge on any atom is 0.143 e. The van der Waals surface area contributed by atoms with Gasteiger partial charge in [0.2, 0.25) is 0 Å². The van der Waals surface area contributed by atoms with Crippen LogP contribution in [-0.4, -0.2) is 4.57 Å². The second kappa shape index (κ2) is 12.0. The van der Waals surface area contributed by atoms with Crippen LogP contribution in [0.15, 0.2) is 162 Å². The van der Waals surface area contributed by atoms with Crippen molar-refractivity contribution in [2.75, 3.05) is 4.90 Å². The van der Waals surface area contributed by atoms with E-state index in [2.05, 4.69) is 182 Å². The highest BCUT2D eigenvalue weighted by molar-refractivity contribution is 6.09. The highest BCUT2D eigenvalue weighted by atomic mass is 16.3. The summed E-state index contributed by atoms with van der Waals surface area (Å²) in [6.07, 6.45) is 6.76. The number of allylic oxidation sites excluding steroid dienone is 1. The van der Waals surface area contributed by atoms with Crippen LogP contribution in [0.2, 0.25) is 0 Å². The van der Waals surface area contributed by atoms with E-state index in [1.165, 1.54) is 55.7 Å². The van der Waals surface area contributed by atoms with Crippen molar-refractivity contribution in [3.63, 3.8) is 0 Å². The van der Waals surface area contributed by atoms with Gasteiger partial charge in [-0.2, -0.15) is 0 Å². The average molecular weight is 709 g/mol. The minimum Gasteiger partial charge on any atom is -0.455 e. The average Bonchev–Trinajstić information content (AvgIpc) is 3.84. The van der Waals surface area contributed by atoms with Gasteiger partial charge in [0.25, 0.3) is 0 Å². The van der Waals surface area contributed by atoms with Crippen LogP contribution in [0.4, 0.5) is 17.1 Å². The molecule has 0 atom stereocenters. The van der Waals surface area contributed by atoms with E-state index in [0.717, 1.165) is 63.0 Å². The second-order valence-corrected chi connectivity index (χ2v) is 15.7. The molecule has 264 valence electrons. The number of hydrogen-bond donors (Lipinski definition) is 0. The lowest BCUT2D eigenvalue weighted by molar-refractivity contribution is 0.659. The molecule has 9 aromatic rings. The van der Waals surface area contributed by atoms with Gasteiger partial charge >= 0.3 is 0 Å². The maximum absolute atomic E-state index is 6.41. The third-order valence-corrected chi connectivity index (χ3v) is 12.1. The van der Waals surface area contributed by atoms with Crippen molar-refractivity contribution < 1.29 is 4.42 Å². The van der Waals surface area contributed by atoms with Crippen LogP contribution in [0.3, 0.4) is 0 Å². The summed E-state index contributed by atoms with van der Waals surface area (Å²) in [6.45, 7) is 6.93. The Morgan fingerprint density at radius 2 is 1.27 bits per heavy atom. The Labute approximate surface area is 321 Å². The van der Waals surface area contributed by atoms with Gasteiger partial charge in [0.05, 0.1) is 5.52 Å². The topological polar surface area (TPSA) is 21.3 Å². The van der Waals surface area contributed by atoms with Crippen molar-refractivity contribution in [1.29, 1.82) is 0 Å². The van der Waals surface area contributed by atoms with E-state index in [1.807, 2.05) is 12.1 Å². The van der Waals surface area contributed by atoms with E-state index in [4.69, 9.17) is 4.42 Å². The first-order chi connectivity index (χ1) is 26.9. The van der Waals surface area contributed by atoms with Crippen LogP contribution >= 0.6 is 0 Å². The molecule has 3 heteroatoms. The zero-order valence-electron chi connectivity index (χ0n) is 31.3. The first kappa shape index (κ1) is 31.9. The molecule has 0 bridgehead atoms. The van der Waals surface area contributed by atoms with E-state index in [-0.39, 0.29) is 5.41 Å². The third kappa shape index (κ3) is 4.82. The lowest BCUT2D eigenvalue weighted by atomic mass is 9.82. The summed E-state index contributed by atoms with van der Waals surface area (Å²) in [7, 11) is 0. The molecule has 0 saturated carbocycles. The van der Waals surface area contributed by atoms with Crippen molar-refractivity contribution in [1.82, 2.24) is 4.57 Å². The molecule has 7 aromatic carbocycles. The Balaban J connectivity index is 1.00. The van der Waals surface area contributed by atoms with Gasteiger partial charge in [-0.25, -0.2) is 0 Å². The van der Waals surface area contributed by atoms with Gasteiger partial charge in [0.1, 0.15) is 11.2 Å². The zero-order chi connectivity index (χ0) is 36.8. The third-order valence-electron chi connectivity index (χ3n) is 12.1. The largest absolute Gasteiger partial charge is 0.455 e. The predicted octanol–water partition coefficient (Wildman–Crippen LogP) is 14.2. The van der Waals surface area contributed by atoms with Crippen molar-refractivity contribution in [2.45, 2.75) is 39.0 Å². The molecule has 2 aliphatic carbocycles. The number of aryl methyl sites for hydroxylation is 1. The lowest BCUT2D eigenvalue weighted by Crippen LogP contribution is -2.17. The summed E-state index contributed by atoms with van der Waals surface area (Å²) in [5.74, 6) is 0. The lowest BCUT2D eigenvalue weighted by Gasteiger charge is -2.28. The summed E-state index contributed by atoms with van der Waals surface area (Å²) < 4.78 is 8.92. The van der Waals surface area contributed by atoms with E-state index in [0.29, 0.717) is 0 Å². The van der Waals surface area contributed by atoms with Crippen LogP contribution < -0.4 is 4.90 Å². The van der Waals surface area contributed by atoms with Crippen LogP contribution in [-0.2, 0) is 11.8 Å². The molecule has 2 aromatic heterocycles. The van der Waals surface area contributed by atoms with E-state index in [1.54, 1.807) is 0 Å². The Morgan fingerprint density at radius 3 is 2.09 bits per heavy atom. The van der Waals surface area contributed by atoms with Gasteiger partial charge in [-0.15, -0.1) is 0 Å². The Hall–Kier alpha value is -6.58. The van der Waals surface area contributed by atoms with E-state index in [9.17, 15) is 0 Å². The fourth-order valence-electron chi connectivity index (χ4n) is 9.36. The number of rotatable bonds is 5. The number of anilines is 3. The van der Waals surface area contributed by atoms with Crippen molar-refractivity contribution in [2.24, 2.45) is 0 Å². The van der Waals surface area contributed by atoms with E-state index >= 15 is 0 Å². The minimum atomic E-state index is -0.187. The summed E-state index contributed by atoms with van der Waals surface area (Å²) >= 11 is 0. The molecule has 2 heterocycles. The molecule has 0 radical (unpaired) electrons. The molecule has 0 spiro atoms. The second-order valence-electron chi connectivity index (χ2n) is 15.7. The van der Waals surface area contributed by atoms with E-state index < -0.39 is 0 Å². The van der Waals surface area contributed by atoms with Crippen LogP contribution in [0.25, 0.3) is 66.9 Å². The highest BCUT2D eigenvalue weighted by Gasteiger charge is 2.37. The van der Waals surface area contributed by atoms with Gasteiger partial charge in [0.15, 0.2) is 0 Å². The van der Waals surface area contributed by atoms with Crippen LogP contribution in [0, 0.1) is 6.92 Å². The van der Waals surface area contributed by atoms with Gasteiger partial charge in [0, 0.05) is 61.1 Å². The zero-order valence-corrected chi connectivity index (χ0v) is 31.3. The summed E-state index contributed by atoms with van der Waals surface area (Å²) in [5, 5.41) is 3.62. The molecular formula is C52H40N2O. The number of benzene rings is 7. The standard InChI is InChI=1S/C52H40N2O/c1-33-19-23-35(24-20-33)53(36-25-21-34(22-26-36)39-14-10-15-45-44-13-6-9-18-50(44)55-51(39)45)37-27-29-40-41-30-28-38(32-47(41)52(2,3)46(40)31-37)54-48-16-7-4-11-42(48)43-12-5-8-17-49(43)54/h4-7,9-16,18-32H,8,17H2,1-3H3. The Bertz CT molecular complexity index is 3010. The van der Waals surface area contributed by atoms with Gasteiger partial charge < -0.3 is 13.9 Å². The quantitative estimate of drug-likeness (QED) is 0.177. The number of fused-ring (bicyclic) bond motifs is 9. The first-order valence-electron chi connectivity index (χ1n) is 19.4. The number of furan rings is 1. The smallest absolute Gasteiger partial charge is 0.143 e. The molecule has 0 saturated heterocycles. The fourth-order valence-corrected chi connectivity index (χ4v) is 9.36. The Kier molecular flexibility index (Phi) is 6.94. The van der Waals surface area contributed by atoms with Crippen molar-refractivity contribution >= 4 is 56.0 Å². The van der Waals surface area contributed by atoms with Crippen LogP contribution in [0.1, 0.15) is 48.2 Å². The molecular weight excluding hydrogens is 669 g/mol. The molecule has 2 aliphatic rings. The van der Waals surface area contributed by atoms with Gasteiger partial charge in [-0.05, 0) is 108 Å². The molecule has 0 amide bonds. The number of para-hydroxylation sites is 3. The molecule has 0 fully saturated rings. The molecule has 11 rings (SSSR count). The fraction of sp³-hybridized carbons (Fsp3) is 0.115. The number of nitrogens with zero attached hydrogens (tertiary/aromatic N) is 2. The number of aromatic nitrogens is 1. The number of hydrogen-bond acceptors (Lipinski definition) is 2. The molecule has 3 nitrogen and oxygen atoms in total. The Morgan fingerprint density at radius 1 is 0.600 bits per heavy atom. The monoisotopic (exact) mass is 708 g/mol. The first-order valence-corrected chi connectivity index (χ1v) is 19.4. The molecule has 0 N–H and O–H groups in total. The summed E-state index contributed by atoms with van der Waals surface area (Å²) in [4.78, 5) is 2.39. The normalized spacial score (nSPS) is 14.0. The SMILES string of the molecule is Cc1ccc(N(c2ccc(-c3cccc4c3oc3ccccc34)cc2)c2ccc3c(c2)C(C)(C)c2cc(-n4c5c(c6ccccc64)C=CCC5)ccc2-3)cc1. The molecule has 55 heavy (non-hydrogen) atoms. The van der Waals surface area contributed by atoms with Crippen molar-refractivity contribution in [3.05, 3.63) is 186 Å². The molecule has 0 aliphatic heterocycles. The highest BCUT2D eigenvalue weighted by Crippen LogP contribution is 2.52. The summed E-state index contributed by atoms with van der Waals surface area (Å²) in [6, 6.07) is 55.6. The maximum atomic E-state index is 6.41. The predicted molar refractivity (Wildman–Crippen MR) is 230 cm³/mol. The van der Waals surface area contributed by atoms with Gasteiger partial charge in [-0.1, -0.05) is 123 Å². The summed E-state index contributed by atoms with van der Waals surface area (Å²) in [5.41, 5.74) is 19.2. The van der Waals surface area contributed by atoms with Gasteiger partial charge in [-0.3, -0.25) is 0 Å². The van der Waals surface area contributed by atoms with Crippen molar-refractivity contribution in [3.8, 4) is 27.9 Å².